The Kier molecular flexibility index (Phi) is 7.06. The fourth-order valence-corrected chi connectivity index (χ4v) is 6.38. The molecule has 0 aliphatic rings. The van der Waals surface area contributed by atoms with Gasteiger partial charge in [0.25, 0.3) is 5.91 Å². The number of fused-ring (bicyclic) bond motifs is 1. The number of carbonyl (C=O) groups excluding carboxylic acids is 1. The second kappa shape index (κ2) is 10.4. The van der Waals surface area contributed by atoms with E-state index in [1.807, 2.05) is 30.3 Å². The Labute approximate surface area is 223 Å². The molecule has 0 saturated carbocycles. The summed E-state index contributed by atoms with van der Waals surface area (Å²) in [5.74, 6) is -0.511. The lowest BCUT2D eigenvalue weighted by molar-refractivity contribution is 0.102. The van der Waals surface area contributed by atoms with Crippen molar-refractivity contribution in [3.05, 3.63) is 102 Å². The van der Waals surface area contributed by atoms with Crippen molar-refractivity contribution in [1.82, 2.24) is 19.1 Å². The Morgan fingerprint density at radius 2 is 1.79 bits per heavy atom. The Balaban J connectivity index is 1.36. The van der Waals surface area contributed by atoms with Gasteiger partial charge < -0.3 is 5.32 Å². The fraction of sp³-hybridized carbons (Fsp3) is 0.148. The molecule has 5 aromatic rings. The highest BCUT2D eigenvalue weighted by Crippen LogP contribution is 2.29. The van der Waals surface area contributed by atoms with Crippen LogP contribution in [0.25, 0.3) is 15.3 Å². The molecule has 0 bridgehead atoms. The highest BCUT2D eigenvalue weighted by Gasteiger charge is 2.24. The Bertz CT molecular complexity index is 1720. The van der Waals surface area contributed by atoms with Crippen molar-refractivity contribution in [3.8, 4) is 5.13 Å². The van der Waals surface area contributed by atoms with Gasteiger partial charge in [0, 0.05) is 24.7 Å². The Morgan fingerprint density at radius 3 is 2.47 bits per heavy atom. The van der Waals surface area contributed by atoms with Crippen LogP contribution in [0.5, 0.6) is 0 Å². The van der Waals surface area contributed by atoms with Gasteiger partial charge in [-0.15, -0.1) is 0 Å². The molecule has 194 valence electrons. The van der Waals surface area contributed by atoms with Gasteiger partial charge in [-0.1, -0.05) is 54.7 Å². The molecule has 2 heterocycles. The second-order valence-corrected chi connectivity index (χ2v) is 11.5. The van der Waals surface area contributed by atoms with E-state index < -0.39 is 21.7 Å². The molecule has 1 amide bonds. The Morgan fingerprint density at radius 1 is 1.05 bits per heavy atom. The van der Waals surface area contributed by atoms with Gasteiger partial charge in [-0.3, -0.25) is 4.79 Å². The van der Waals surface area contributed by atoms with E-state index in [0.717, 1.165) is 5.56 Å². The number of thiazole rings is 1. The van der Waals surface area contributed by atoms with Crippen LogP contribution < -0.4 is 5.32 Å². The average molecular weight is 550 g/mol. The van der Waals surface area contributed by atoms with Crippen molar-refractivity contribution in [2.75, 3.05) is 11.9 Å². The van der Waals surface area contributed by atoms with Crippen molar-refractivity contribution in [2.45, 2.75) is 25.3 Å². The number of aromatic nitrogens is 3. The zero-order valence-electron chi connectivity index (χ0n) is 20.6. The molecule has 0 spiro atoms. The molecule has 0 atom stereocenters. The summed E-state index contributed by atoms with van der Waals surface area (Å²) >= 11 is 1.25. The molecule has 5 rings (SSSR count). The summed E-state index contributed by atoms with van der Waals surface area (Å²) in [6.07, 6.45) is 0. The summed E-state index contributed by atoms with van der Waals surface area (Å²) in [4.78, 5) is 17.5. The standard InChI is InChI=1S/C27H24FN5O3S2/c1-3-32(17-19-8-5-4-6-9-19)38(35,36)21-14-12-20(13-15-21)26(34)29-24-16-18(2)31-33(24)27-30-25-22(28)10-7-11-23(25)37-27/h4-16H,3,17H2,1-2H3,(H,29,34). The van der Waals surface area contributed by atoms with Gasteiger partial charge in [0.1, 0.15) is 17.2 Å². The van der Waals surface area contributed by atoms with E-state index in [1.54, 1.807) is 32.0 Å². The predicted molar refractivity (Wildman–Crippen MR) is 146 cm³/mol. The molecule has 0 aliphatic heterocycles. The topological polar surface area (TPSA) is 97.2 Å². The third kappa shape index (κ3) is 5.08. The molecular weight excluding hydrogens is 525 g/mol. The number of para-hydroxylation sites is 1. The van der Waals surface area contributed by atoms with Crippen LogP contribution in [0.1, 0.15) is 28.5 Å². The van der Waals surface area contributed by atoms with E-state index in [4.69, 9.17) is 0 Å². The van der Waals surface area contributed by atoms with Crippen molar-refractivity contribution in [1.29, 1.82) is 0 Å². The summed E-state index contributed by atoms with van der Waals surface area (Å²) in [7, 11) is -3.76. The monoisotopic (exact) mass is 549 g/mol. The zero-order chi connectivity index (χ0) is 26.9. The summed E-state index contributed by atoms with van der Waals surface area (Å²) in [5, 5.41) is 7.62. The molecule has 0 fully saturated rings. The molecular formula is C27H24FN5O3S2. The minimum atomic E-state index is -3.76. The van der Waals surface area contributed by atoms with E-state index in [-0.39, 0.29) is 22.5 Å². The molecule has 0 unspecified atom stereocenters. The van der Waals surface area contributed by atoms with E-state index >= 15 is 0 Å². The average Bonchev–Trinajstić information content (AvgIpc) is 3.51. The third-order valence-corrected chi connectivity index (χ3v) is 8.85. The number of halogens is 1. The SMILES string of the molecule is CCN(Cc1ccccc1)S(=O)(=O)c1ccc(C(=O)Nc2cc(C)nn2-c2nc3c(F)cccc3s2)cc1. The number of hydrogen-bond acceptors (Lipinski definition) is 6. The molecule has 3 aromatic carbocycles. The first-order valence-corrected chi connectivity index (χ1v) is 14.1. The number of aryl methyl sites for hydroxylation is 1. The number of carbonyl (C=O) groups is 1. The number of nitrogens with one attached hydrogen (secondary N) is 1. The third-order valence-electron chi connectivity index (χ3n) is 5.92. The van der Waals surface area contributed by atoms with Gasteiger partial charge in [-0.05, 0) is 48.9 Å². The maximum atomic E-state index is 14.1. The van der Waals surface area contributed by atoms with Gasteiger partial charge in [-0.25, -0.2) is 17.8 Å². The van der Waals surface area contributed by atoms with Crippen LogP contribution in [-0.2, 0) is 16.6 Å². The van der Waals surface area contributed by atoms with Crippen molar-refractivity contribution in [2.24, 2.45) is 0 Å². The largest absolute Gasteiger partial charge is 0.306 e. The second-order valence-electron chi connectivity index (χ2n) is 8.56. The number of hydrogen-bond donors (Lipinski definition) is 1. The van der Waals surface area contributed by atoms with Crippen LogP contribution in [0, 0.1) is 12.7 Å². The van der Waals surface area contributed by atoms with Gasteiger partial charge in [0.05, 0.1) is 15.3 Å². The van der Waals surface area contributed by atoms with E-state index in [0.29, 0.717) is 27.9 Å². The number of nitrogens with zero attached hydrogens (tertiary/aromatic N) is 4. The van der Waals surface area contributed by atoms with Gasteiger partial charge in [0.2, 0.25) is 15.2 Å². The molecule has 0 aliphatic carbocycles. The van der Waals surface area contributed by atoms with Gasteiger partial charge in [-0.2, -0.15) is 14.1 Å². The summed E-state index contributed by atoms with van der Waals surface area (Å²) in [6.45, 7) is 4.11. The van der Waals surface area contributed by atoms with Crippen LogP contribution in [0.3, 0.4) is 0 Å². The summed E-state index contributed by atoms with van der Waals surface area (Å²) < 4.78 is 44.1. The zero-order valence-corrected chi connectivity index (χ0v) is 22.3. The first-order chi connectivity index (χ1) is 18.3. The highest BCUT2D eigenvalue weighted by atomic mass is 32.2. The fourth-order valence-electron chi connectivity index (χ4n) is 4.00. The van der Waals surface area contributed by atoms with Gasteiger partial charge in [0.15, 0.2) is 0 Å². The lowest BCUT2D eigenvalue weighted by Gasteiger charge is -2.20. The molecule has 0 radical (unpaired) electrons. The van der Waals surface area contributed by atoms with Crippen molar-refractivity contribution < 1.29 is 17.6 Å². The quantitative estimate of drug-likeness (QED) is 0.280. The number of amides is 1. The van der Waals surface area contributed by atoms with Crippen LogP contribution in [-0.4, -0.2) is 39.9 Å². The molecule has 0 saturated heterocycles. The molecule has 1 N–H and O–H groups in total. The van der Waals surface area contributed by atoms with Crippen LogP contribution >= 0.6 is 11.3 Å². The van der Waals surface area contributed by atoms with Crippen LogP contribution in [0.2, 0.25) is 0 Å². The van der Waals surface area contributed by atoms with E-state index in [1.165, 1.54) is 50.7 Å². The Hall–Kier alpha value is -3.93. The lowest BCUT2D eigenvalue weighted by Crippen LogP contribution is -2.30. The number of benzene rings is 3. The summed E-state index contributed by atoms with van der Waals surface area (Å²) in [6, 6.07) is 21.6. The minimum Gasteiger partial charge on any atom is -0.306 e. The molecule has 38 heavy (non-hydrogen) atoms. The maximum absolute atomic E-state index is 14.1. The first kappa shape index (κ1) is 25.7. The van der Waals surface area contributed by atoms with Crippen LogP contribution in [0.4, 0.5) is 10.2 Å². The minimum absolute atomic E-state index is 0.101. The lowest BCUT2D eigenvalue weighted by atomic mass is 10.2. The van der Waals surface area contributed by atoms with Gasteiger partial charge >= 0.3 is 0 Å². The number of anilines is 1. The van der Waals surface area contributed by atoms with E-state index in [9.17, 15) is 17.6 Å². The van der Waals surface area contributed by atoms with Crippen molar-refractivity contribution >= 4 is 43.3 Å². The molecule has 2 aromatic heterocycles. The predicted octanol–water partition coefficient (Wildman–Crippen LogP) is 5.39. The summed E-state index contributed by atoms with van der Waals surface area (Å²) in [5.41, 5.74) is 2.04. The van der Waals surface area contributed by atoms with Crippen LogP contribution in [0.15, 0.2) is 83.8 Å². The smallest absolute Gasteiger partial charge is 0.256 e. The normalized spacial score (nSPS) is 11.8. The van der Waals surface area contributed by atoms with E-state index in [2.05, 4.69) is 15.4 Å². The maximum Gasteiger partial charge on any atom is 0.256 e. The molecule has 8 nitrogen and oxygen atoms in total. The molecule has 11 heteroatoms. The highest BCUT2D eigenvalue weighted by molar-refractivity contribution is 7.89. The number of sulfonamides is 1. The van der Waals surface area contributed by atoms with Crippen molar-refractivity contribution in [3.63, 3.8) is 0 Å². The first-order valence-electron chi connectivity index (χ1n) is 11.8. The number of rotatable bonds is 8.